The first-order valence-corrected chi connectivity index (χ1v) is 7.40. The second kappa shape index (κ2) is 4.70. The van der Waals surface area contributed by atoms with Crippen molar-refractivity contribution in [2.45, 2.75) is 31.7 Å². The van der Waals surface area contributed by atoms with Crippen LogP contribution in [0.3, 0.4) is 0 Å². The minimum atomic E-state index is -3.52. The molecule has 0 saturated carbocycles. The zero-order valence-electron chi connectivity index (χ0n) is 10.8. The molecule has 0 amide bonds. The standard InChI is InChI=1S/C12H17N3O2S/c1-4-6-11-14-12(18(16,17)13-3)10-8-5-7-9(2)15(10)11/h5,7-8,13H,4,6H2,1-3H3. The lowest BCUT2D eigenvalue weighted by molar-refractivity contribution is 0.585. The molecule has 5 nitrogen and oxygen atoms in total. The summed E-state index contributed by atoms with van der Waals surface area (Å²) in [5.74, 6) is 0.791. The second-order valence-electron chi connectivity index (χ2n) is 4.18. The maximum Gasteiger partial charge on any atom is 0.259 e. The van der Waals surface area contributed by atoms with Gasteiger partial charge in [-0.05, 0) is 32.5 Å². The Balaban J connectivity index is 2.81. The van der Waals surface area contributed by atoms with Gasteiger partial charge in [-0.25, -0.2) is 18.1 Å². The predicted octanol–water partition coefficient (Wildman–Crippen LogP) is 1.50. The number of nitrogens with zero attached hydrogens (tertiary/aromatic N) is 2. The first-order chi connectivity index (χ1) is 8.51. The van der Waals surface area contributed by atoms with Crippen LogP contribution in [-0.2, 0) is 16.4 Å². The maximum atomic E-state index is 12.0. The van der Waals surface area contributed by atoms with E-state index in [4.69, 9.17) is 0 Å². The highest BCUT2D eigenvalue weighted by molar-refractivity contribution is 7.89. The van der Waals surface area contributed by atoms with Gasteiger partial charge in [0.05, 0.1) is 5.52 Å². The van der Waals surface area contributed by atoms with Gasteiger partial charge in [0, 0.05) is 12.1 Å². The monoisotopic (exact) mass is 267 g/mol. The van der Waals surface area contributed by atoms with Crippen molar-refractivity contribution in [3.05, 3.63) is 29.7 Å². The van der Waals surface area contributed by atoms with Crippen LogP contribution in [0.15, 0.2) is 23.2 Å². The van der Waals surface area contributed by atoms with Crippen molar-refractivity contribution in [1.82, 2.24) is 14.1 Å². The third-order valence-corrected chi connectivity index (χ3v) is 4.24. The molecule has 2 aromatic rings. The molecule has 0 atom stereocenters. The number of pyridine rings is 1. The smallest absolute Gasteiger partial charge is 0.259 e. The van der Waals surface area contributed by atoms with Gasteiger partial charge in [-0.15, -0.1) is 0 Å². The highest BCUT2D eigenvalue weighted by Gasteiger charge is 2.21. The van der Waals surface area contributed by atoms with Crippen molar-refractivity contribution in [1.29, 1.82) is 0 Å². The van der Waals surface area contributed by atoms with Crippen LogP contribution in [0.2, 0.25) is 0 Å². The van der Waals surface area contributed by atoms with E-state index in [0.717, 1.165) is 24.4 Å². The summed E-state index contributed by atoms with van der Waals surface area (Å²) >= 11 is 0. The molecule has 0 aliphatic rings. The predicted molar refractivity (Wildman–Crippen MR) is 70.2 cm³/mol. The van der Waals surface area contributed by atoms with E-state index >= 15 is 0 Å². The normalized spacial score (nSPS) is 12.2. The molecule has 18 heavy (non-hydrogen) atoms. The summed E-state index contributed by atoms with van der Waals surface area (Å²) in [6.07, 6.45) is 1.68. The van der Waals surface area contributed by atoms with E-state index in [1.807, 2.05) is 30.4 Å². The Hall–Kier alpha value is -1.40. The lowest BCUT2D eigenvalue weighted by Gasteiger charge is -2.03. The molecule has 1 N–H and O–H groups in total. The van der Waals surface area contributed by atoms with Gasteiger partial charge in [0.2, 0.25) is 0 Å². The zero-order chi connectivity index (χ0) is 13.3. The van der Waals surface area contributed by atoms with Crippen LogP contribution in [-0.4, -0.2) is 24.9 Å². The molecule has 0 unspecified atom stereocenters. The Labute approximate surface area is 107 Å². The summed E-state index contributed by atoms with van der Waals surface area (Å²) in [6.45, 7) is 4.00. The van der Waals surface area contributed by atoms with Crippen molar-refractivity contribution in [2.24, 2.45) is 0 Å². The third-order valence-electron chi connectivity index (χ3n) is 2.89. The van der Waals surface area contributed by atoms with Crippen molar-refractivity contribution in [3.8, 4) is 0 Å². The summed E-state index contributed by atoms with van der Waals surface area (Å²) < 4.78 is 28.1. The summed E-state index contributed by atoms with van der Waals surface area (Å²) in [7, 11) is -2.12. The van der Waals surface area contributed by atoms with Crippen molar-refractivity contribution in [2.75, 3.05) is 7.05 Å². The summed E-state index contributed by atoms with van der Waals surface area (Å²) in [4.78, 5) is 4.29. The summed E-state index contributed by atoms with van der Waals surface area (Å²) in [6, 6.07) is 5.57. The van der Waals surface area contributed by atoms with Crippen molar-refractivity contribution >= 4 is 15.5 Å². The molecular weight excluding hydrogens is 250 g/mol. The first kappa shape index (κ1) is 13.0. The molecule has 6 heteroatoms. The minimum Gasteiger partial charge on any atom is -0.300 e. The Kier molecular flexibility index (Phi) is 3.41. The van der Waals surface area contributed by atoms with Crippen LogP contribution in [0.4, 0.5) is 0 Å². The number of aromatic nitrogens is 2. The van der Waals surface area contributed by atoms with Crippen LogP contribution in [0, 0.1) is 6.92 Å². The first-order valence-electron chi connectivity index (χ1n) is 5.91. The fourth-order valence-corrected chi connectivity index (χ4v) is 2.89. The van der Waals surface area contributed by atoms with Gasteiger partial charge in [0.15, 0.2) is 5.03 Å². The number of imidazole rings is 1. The fraction of sp³-hybridized carbons (Fsp3) is 0.417. The SMILES string of the molecule is CCCc1nc(S(=O)(=O)NC)c2cccc(C)n12. The number of sulfonamides is 1. The van der Waals surface area contributed by atoms with E-state index in [-0.39, 0.29) is 5.03 Å². The maximum absolute atomic E-state index is 12.0. The Morgan fingerprint density at radius 1 is 1.39 bits per heavy atom. The number of hydrogen-bond donors (Lipinski definition) is 1. The third kappa shape index (κ3) is 2.02. The summed E-state index contributed by atoms with van der Waals surface area (Å²) in [5, 5.41) is 0.108. The van der Waals surface area contributed by atoms with E-state index in [0.29, 0.717) is 5.52 Å². The van der Waals surface area contributed by atoms with Crippen LogP contribution in [0.25, 0.3) is 5.52 Å². The van der Waals surface area contributed by atoms with Gasteiger partial charge < -0.3 is 0 Å². The Morgan fingerprint density at radius 3 is 2.72 bits per heavy atom. The molecule has 0 aromatic carbocycles. The van der Waals surface area contributed by atoms with Gasteiger partial charge >= 0.3 is 0 Å². The van der Waals surface area contributed by atoms with E-state index < -0.39 is 10.0 Å². The van der Waals surface area contributed by atoms with E-state index in [9.17, 15) is 8.42 Å². The molecule has 2 heterocycles. The van der Waals surface area contributed by atoms with Crippen LogP contribution in [0.5, 0.6) is 0 Å². The second-order valence-corrected chi connectivity index (χ2v) is 5.98. The average molecular weight is 267 g/mol. The lowest BCUT2D eigenvalue weighted by atomic mass is 10.3. The molecule has 0 aliphatic carbocycles. The topological polar surface area (TPSA) is 63.5 Å². The highest BCUT2D eigenvalue weighted by atomic mass is 32.2. The fourth-order valence-electron chi connectivity index (χ4n) is 2.04. The summed E-state index contributed by atoms with van der Waals surface area (Å²) in [5.41, 5.74) is 1.62. The van der Waals surface area contributed by atoms with E-state index in [2.05, 4.69) is 9.71 Å². The van der Waals surface area contributed by atoms with E-state index in [1.54, 1.807) is 6.07 Å². The largest absolute Gasteiger partial charge is 0.300 e. The minimum absolute atomic E-state index is 0.108. The molecular formula is C12H17N3O2S. The number of rotatable bonds is 4. The van der Waals surface area contributed by atoms with Gasteiger partial charge in [0.1, 0.15) is 5.82 Å². The molecule has 2 rings (SSSR count). The van der Waals surface area contributed by atoms with Crippen LogP contribution < -0.4 is 4.72 Å². The van der Waals surface area contributed by atoms with E-state index in [1.165, 1.54) is 7.05 Å². The molecule has 98 valence electrons. The quantitative estimate of drug-likeness (QED) is 0.913. The molecule has 0 fully saturated rings. The Morgan fingerprint density at radius 2 is 2.11 bits per heavy atom. The molecule has 0 spiro atoms. The van der Waals surface area contributed by atoms with Gasteiger partial charge in [-0.1, -0.05) is 13.0 Å². The number of fused-ring (bicyclic) bond motifs is 1. The zero-order valence-corrected chi connectivity index (χ0v) is 11.6. The molecule has 2 aromatic heterocycles. The van der Waals surface area contributed by atoms with Gasteiger partial charge in [-0.2, -0.15) is 0 Å². The van der Waals surface area contributed by atoms with Gasteiger partial charge in [-0.3, -0.25) is 4.40 Å². The Bertz CT molecular complexity index is 674. The molecule has 0 radical (unpaired) electrons. The number of hydrogen-bond acceptors (Lipinski definition) is 3. The van der Waals surface area contributed by atoms with Crippen molar-refractivity contribution in [3.63, 3.8) is 0 Å². The molecule has 0 bridgehead atoms. The average Bonchev–Trinajstić information content (AvgIpc) is 2.71. The van der Waals surface area contributed by atoms with Crippen LogP contribution in [0.1, 0.15) is 24.9 Å². The number of aryl methyl sites for hydroxylation is 2. The highest BCUT2D eigenvalue weighted by Crippen LogP contribution is 2.20. The molecule has 0 aliphatic heterocycles. The number of nitrogens with one attached hydrogen (secondary N) is 1. The molecule has 0 saturated heterocycles. The van der Waals surface area contributed by atoms with Gasteiger partial charge in [0.25, 0.3) is 10.0 Å². The van der Waals surface area contributed by atoms with Crippen LogP contribution >= 0.6 is 0 Å². The lowest BCUT2D eigenvalue weighted by Crippen LogP contribution is -2.19. The van der Waals surface area contributed by atoms with Crippen molar-refractivity contribution < 1.29 is 8.42 Å².